The number of amides is 1. The third-order valence-electron chi connectivity index (χ3n) is 6.89. The van der Waals surface area contributed by atoms with E-state index < -0.39 is 23.4 Å². The van der Waals surface area contributed by atoms with Crippen LogP contribution < -0.4 is 10.1 Å². The predicted octanol–water partition coefficient (Wildman–Crippen LogP) is 6.41. The molecule has 0 bridgehead atoms. The van der Waals surface area contributed by atoms with Gasteiger partial charge in [0.1, 0.15) is 11.5 Å². The number of aliphatic carboxylic acids is 1. The summed E-state index contributed by atoms with van der Waals surface area (Å²) in [5.41, 5.74) is -1.19. The molecule has 0 saturated carbocycles. The third-order valence-corrected chi connectivity index (χ3v) is 6.89. The van der Waals surface area contributed by atoms with Gasteiger partial charge in [0, 0.05) is 19.4 Å². The van der Waals surface area contributed by atoms with Crippen molar-refractivity contribution in [2.75, 3.05) is 13.2 Å². The first-order valence-corrected chi connectivity index (χ1v) is 14.9. The fourth-order valence-electron chi connectivity index (χ4n) is 4.30. The Balaban J connectivity index is 2.40. The largest absolute Gasteiger partial charge is 0.494 e. The van der Waals surface area contributed by atoms with E-state index in [1.54, 1.807) is 6.08 Å². The molecule has 1 aromatic carbocycles. The average molecular weight is 546 g/mol. The first-order chi connectivity index (χ1) is 18.7. The normalized spacial score (nSPS) is 13.6. The maximum Gasteiger partial charge on any atom is 0.336 e. The summed E-state index contributed by atoms with van der Waals surface area (Å²) < 4.78 is 5.58. The van der Waals surface area contributed by atoms with Crippen LogP contribution in [0.3, 0.4) is 0 Å². The predicted molar refractivity (Wildman–Crippen MR) is 156 cm³/mol. The van der Waals surface area contributed by atoms with Crippen LogP contribution in [-0.4, -0.2) is 46.6 Å². The van der Waals surface area contributed by atoms with E-state index >= 15 is 0 Å². The molecule has 1 aromatic rings. The number of hydrogen-bond donors (Lipinski definition) is 3. The van der Waals surface area contributed by atoms with Crippen molar-refractivity contribution >= 4 is 17.7 Å². The highest BCUT2D eigenvalue weighted by atomic mass is 16.5. The molecule has 0 aliphatic heterocycles. The first-order valence-electron chi connectivity index (χ1n) is 14.9. The topological polar surface area (TPSA) is 113 Å². The SMILES string of the molecule is CCCCCCCC(=O)CCCCCCC=C[C@H](C(=O)NCCc1ccc(OCCC)cc1)[C@](C)(O)C(=O)O. The fraction of sp³-hybridized carbons (Fsp3) is 0.656. The van der Waals surface area contributed by atoms with Crippen molar-refractivity contribution in [2.45, 2.75) is 116 Å². The highest BCUT2D eigenvalue weighted by molar-refractivity contribution is 5.90. The van der Waals surface area contributed by atoms with Crippen LogP contribution in [-0.2, 0) is 20.8 Å². The lowest BCUT2D eigenvalue weighted by molar-refractivity contribution is -0.163. The quantitative estimate of drug-likeness (QED) is 0.108. The van der Waals surface area contributed by atoms with Gasteiger partial charge in [-0.2, -0.15) is 0 Å². The Labute approximate surface area is 235 Å². The van der Waals surface area contributed by atoms with Gasteiger partial charge in [0.2, 0.25) is 5.91 Å². The second-order valence-corrected chi connectivity index (χ2v) is 10.5. The number of hydrogen-bond acceptors (Lipinski definition) is 5. The molecule has 0 unspecified atom stereocenters. The second kappa shape index (κ2) is 20.3. The van der Waals surface area contributed by atoms with Crippen LogP contribution in [0.15, 0.2) is 36.4 Å². The summed E-state index contributed by atoms with van der Waals surface area (Å²) in [4.78, 5) is 36.4. The summed E-state index contributed by atoms with van der Waals surface area (Å²) in [5, 5.41) is 22.8. The standard InChI is InChI=1S/C32H51NO6/c1-4-6-7-10-13-16-27(34)17-14-11-8-9-12-15-18-29(32(3,38)31(36)37)30(35)33-24-23-26-19-21-28(22-20-26)39-25-5-2/h15,18-22,29,38H,4-14,16-17,23-25H2,1-3H3,(H,33,35)(H,36,37)/t29-,32+/m1/s1. The first kappa shape index (κ1) is 34.4. The van der Waals surface area contributed by atoms with E-state index in [9.17, 15) is 24.6 Å². The van der Waals surface area contributed by atoms with Gasteiger partial charge in [0.25, 0.3) is 0 Å². The Morgan fingerprint density at radius 3 is 2.13 bits per heavy atom. The monoisotopic (exact) mass is 545 g/mol. The zero-order valence-electron chi connectivity index (χ0n) is 24.4. The number of carboxylic acid groups (broad SMARTS) is 1. The van der Waals surface area contributed by atoms with E-state index in [-0.39, 0.29) is 0 Å². The van der Waals surface area contributed by atoms with E-state index in [0.29, 0.717) is 44.6 Å². The molecule has 0 saturated heterocycles. The number of aliphatic hydroxyl groups is 1. The summed E-state index contributed by atoms with van der Waals surface area (Å²) in [6, 6.07) is 7.65. The molecule has 0 heterocycles. The molecule has 0 spiro atoms. The van der Waals surface area contributed by atoms with Gasteiger partial charge in [-0.3, -0.25) is 9.59 Å². The number of allylic oxidation sites excluding steroid dienone is 1. The lowest BCUT2D eigenvalue weighted by Gasteiger charge is -2.25. The van der Waals surface area contributed by atoms with Gasteiger partial charge < -0.3 is 20.3 Å². The van der Waals surface area contributed by atoms with Crippen molar-refractivity contribution in [3.63, 3.8) is 0 Å². The molecule has 7 nitrogen and oxygen atoms in total. The summed E-state index contributed by atoms with van der Waals surface area (Å²) in [6.45, 7) is 6.37. The summed E-state index contributed by atoms with van der Waals surface area (Å²) in [7, 11) is 0. The number of ether oxygens (including phenoxy) is 1. The van der Waals surface area contributed by atoms with Gasteiger partial charge >= 0.3 is 5.97 Å². The zero-order chi connectivity index (χ0) is 28.9. The molecule has 0 radical (unpaired) electrons. The number of carboxylic acids is 1. The molecule has 1 amide bonds. The maximum absolute atomic E-state index is 12.8. The van der Waals surface area contributed by atoms with E-state index in [1.165, 1.54) is 25.3 Å². The Bertz CT molecular complexity index is 862. The zero-order valence-corrected chi connectivity index (χ0v) is 24.4. The van der Waals surface area contributed by atoms with Crippen molar-refractivity contribution in [1.29, 1.82) is 0 Å². The van der Waals surface area contributed by atoms with Gasteiger partial charge in [0.05, 0.1) is 12.5 Å². The van der Waals surface area contributed by atoms with E-state index in [2.05, 4.69) is 12.2 Å². The van der Waals surface area contributed by atoms with Gasteiger partial charge in [-0.05, 0) is 63.1 Å². The minimum absolute atomic E-state index is 0.325. The molecule has 0 aliphatic rings. The van der Waals surface area contributed by atoms with E-state index in [0.717, 1.165) is 63.2 Å². The molecule has 39 heavy (non-hydrogen) atoms. The van der Waals surface area contributed by atoms with Crippen molar-refractivity contribution in [3.8, 4) is 5.75 Å². The Kier molecular flexibility index (Phi) is 17.9. The molecule has 220 valence electrons. The second-order valence-electron chi connectivity index (χ2n) is 10.5. The van der Waals surface area contributed by atoms with Crippen LogP contribution in [0.1, 0.15) is 110 Å². The van der Waals surface area contributed by atoms with E-state index in [4.69, 9.17) is 4.74 Å². The number of ketones is 1. The number of nitrogens with one attached hydrogen (secondary N) is 1. The Morgan fingerprint density at radius 1 is 0.923 bits per heavy atom. The van der Waals surface area contributed by atoms with Crippen molar-refractivity contribution in [1.82, 2.24) is 5.32 Å². The van der Waals surface area contributed by atoms with Crippen molar-refractivity contribution < 1.29 is 29.3 Å². The lowest BCUT2D eigenvalue weighted by atomic mass is 9.87. The van der Waals surface area contributed by atoms with Crippen LogP contribution in [0.25, 0.3) is 0 Å². The summed E-state index contributed by atoms with van der Waals surface area (Å²) >= 11 is 0. The Hall–Kier alpha value is -2.67. The van der Waals surface area contributed by atoms with Crippen LogP contribution in [0.2, 0.25) is 0 Å². The minimum Gasteiger partial charge on any atom is -0.494 e. The number of carbonyl (C=O) groups is 3. The van der Waals surface area contributed by atoms with Crippen LogP contribution in [0.5, 0.6) is 5.75 Å². The highest BCUT2D eigenvalue weighted by Gasteiger charge is 2.42. The maximum atomic E-state index is 12.8. The fourth-order valence-corrected chi connectivity index (χ4v) is 4.30. The van der Waals surface area contributed by atoms with Gasteiger partial charge in [-0.15, -0.1) is 0 Å². The van der Waals surface area contributed by atoms with Crippen molar-refractivity contribution in [2.24, 2.45) is 5.92 Å². The lowest BCUT2D eigenvalue weighted by Crippen LogP contribution is -2.49. The average Bonchev–Trinajstić information content (AvgIpc) is 2.91. The molecule has 2 atom stereocenters. The van der Waals surface area contributed by atoms with Crippen LogP contribution >= 0.6 is 0 Å². The smallest absolute Gasteiger partial charge is 0.336 e. The third kappa shape index (κ3) is 14.9. The van der Waals surface area contributed by atoms with E-state index in [1.807, 2.05) is 31.2 Å². The van der Waals surface area contributed by atoms with Gasteiger partial charge in [0.15, 0.2) is 5.60 Å². The highest BCUT2D eigenvalue weighted by Crippen LogP contribution is 2.21. The number of Topliss-reactive ketones (excluding diaryl/α,β-unsaturated/α-hetero) is 1. The van der Waals surface area contributed by atoms with Crippen LogP contribution in [0.4, 0.5) is 0 Å². The van der Waals surface area contributed by atoms with Gasteiger partial charge in [-0.1, -0.05) is 76.7 Å². The minimum atomic E-state index is -2.21. The molecular formula is C32H51NO6. The molecule has 0 aromatic heterocycles. The molecule has 1 rings (SSSR count). The number of benzene rings is 1. The molecule has 0 fully saturated rings. The summed E-state index contributed by atoms with van der Waals surface area (Å²) in [6.07, 6.45) is 16.3. The number of rotatable bonds is 23. The number of unbranched alkanes of at least 4 members (excludes halogenated alkanes) is 8. The molecule has 7 heteroatoms. The Morgan fingerprint density at radius 2 is 1.54 bits per heavy atom. The van der Waals surface area contributed by atoms with Crippen molar-refractivity contribution in [3.05, 3.63) is 42.0 Å². The number of carbonyl (C=O) groups excluding carboxylic acids is 2. The van der Waals surface area contributed by atoms with Gasteiger partial charge in [-0.25, -0.2) is 4.79 Å². The summed E-state index contributed by atoms with van der Waals surface area (Å²) in [5.74, 6) is -2.00. The molecular weight excluding hydrogens is 494 g/mol. The van der Waals surface area contributed by atoms with Crippen LogP contribution in [0, 0.1) is 5.92 Å². The molecule has 3 N–H and O–H groups in total. The molecule has 0 aliphatic carbocycles.